The van der Waals surface area contributed by atoms with Gasteiger partial charge in [-0.25, -0.2) is 4.79 Å². The summed E-state index contributed by atoms with van der Waals surface area (Å²) < 4.78 is 5.42. The van der Waals surface area contributed by atoms with Gasteiger partial charge in [-0.3, -0.25) is 4.79 Å². The molecule has 1 aliphatic carbocycles. The van der Waals surface area contributed by atoms with Gasteiger partial charge in [-0.15, -0.1) is 0 Å². The van der Waals surface area contributed by atoms with E-state index in [0.717, 1.165) is 31.2 Å². The predicted octanol–water partition coefficient (Wildman–Crippen LogP) is 4.18. The normalized spacial score (nSPS) is 22.2. The highest BCUT2D eigenvalue weighted by Crippen LogP contribution is 2.30. The van der Waals surface area contributed by atoms with Gasteiger partial charge >= 0.3 is 6.09 Å². The van der Waals surface area contributed by atoms with Crippen LogP contribution in [-0.2, 0) is 16.1 Å². The molecular formula is C20H27NO3. The first-order valence-electron chi connectivity index (χ1n) is 9.23. The van der Waals surface area contributed by atoms with E-state index in [4.69, 9.17) is 4.74 Å². The third-order valence-corrected chi connectivity index (χ3v) is 5.29. The molecule has 0 spiro atoms. The number of ether oxygens (including phenoxy) is 1. The number of rotatable bonds is 4. The summed E-state index contributed by atoms with van der Waals surface area (Å²) in [6.45, 7) is 1.52. The number of Topliss-reactive ketones (excluding diaryl/α,β-unsaturated/α-hetero) is 1. The number of piperidine rings is 1. The predicted molar refractivity (Wildman–Crippen MR) is 92.5 cm³/mol. The topological polar surface area (TPSA) is 46.6 Å². The van der Waals surface area contributed by atoms with E-state index in [1.54, 1.807) is 4.90 Å². The fourth-order valence-corrected chi connectivity index (χ4v) is 3.91. The van der Waals surface area contributed by atoms with Gasteiger partial charge in [0.15, 0.2) is 0 Å². The average Bonchev–Trinajstić information content (AvgIpc) is 2.67. The lowest BCUT2D eigenvalue weighted by Gasteiger charge is -2.33. The molecule has 0 N–H and O–H groups in total. The maximum atomic E-state index is 12.7. The maximum absolute atomic E-state index is 12.7. The number of carbonyl (C=O) groups is 2. The Hall–Kier alpha value is -1.84. The maximum Gasteiger partial charge on any atom is 0.410 e. The zero-order chi connectivity index (χ0) is 16.8. The van der Waals surface area contributed by atoms with Crippen molar-refractivity contribution in [3.63, 3.8) is 0 Å². The molecule has 24 heavy (non-hydrogen) atoms. The van der Waals surface area contributed by atoms with E-state index in [0.29, 0.717) is 18.9 Å². The fourth-order valence-electron chi connectivity index (χ4n) is 3.91. The van der Waals surface area contributed by atoms with Crippen LogP contribution >= 0.6 is 0 Å². The summed E-state index contributed by atoms with van der Waals surface area (Å²) in [4.78, 5) is 26.8. The number of amides is 1. The van der Waals surface area contributed by atoms with Gasteiger partial charge < -0.3 is 9.64 Å². The number of hydrogen-bond acceptors (Lipinski definition) is 3. The Kier molecular flexibility index (Phi) is 5.89. The van der Waals surface area contributed by atoms with E-state index in [1.165, 1.54) is 19.3 Å². The highest BCUT2D eigenvalue weighted by molar-refractivity contribution is 5.84. The second kappa shape index (κ2) is 8.32. The smallest absolute Gasteiger partial charge is 0.410 e. The summed E-state index contributed by atoms with van der Waals surface area (Å²) in [7, 11) is 0. The third-order valence-electron chi connectivity index (χ3n) is 5.29. The van der Waals surface area contributed by atoms with E-state index in [-0.39, 0.29) is 24.5 Å². The van der Waals surface area contributed by atoms with E-state index >= 15 is 0 Å². The van der Waals surface area contributed by atoms with E-state index in [2.05, 4.69) is 0 Å². The van der Waals surface area contributed by atoms with Crippen molar-refractivity contribution in [3.8, 4) is 0 Å². The Labute approximate surface area is 144 Å². The molecule has 2 aliphatic rings. The molecule has 0 bridgehead atoms. The lowest BCUT2D eigenvalue weighted by atomic mass is 9.79. The SMILES string of the molecule is O=C(C1CCCCC1)C1CCCN(C(=O)OCc2ccccc2)C1. The van der Waals surface area contributed by atoms with Crippen molar-refractivity contribution < 1.29 is 14.3 Å². The largest absolute Gasteiger partial charge is 0.445 e. The van der Waals surface area contributed by atoms with Crippen molar-refractivity contribution in [2.24, 2.45) is 11.8 Å². The molecule has 1 unspecified atom stereocenters. The van der Waals surface area contributed by atoms with Gasteiger partial charge in [-0.2, -0.15) is 0 Å². The molecule has 1 heterocycles. The minimum absolute atomic E-state index is 0.00567. The molecule has 1 atom stereocenters. The van der Waals surface area contributed by atoms with Crippen LogP contribution in [0.1, 0.15) is 50.5 Å². The van der Waals surface area contributed by atoms with Crippen LogP contribution in [0.2, 0.25) is 0 Å². The molecule has 0 aromatic heterocycles. The second-order valence-corrected chi connectivity index (χ2v) is 7.06. The van der Waals surface area contributed by atoms with Crippen LogP contribution in [0, 0.1) is 11.8 Å². The van der Waals surface area contributed by atoms with Gasteiger partial charge in [0.2, 0.25) is 0 Å². The van der Waals surface area contributed by atoms with Gasteiger partial charge in [0.05, 0.1) is 0 Å². The van der Waals surface area contributed by atoms with E-state index in [9.17, 15) is 9.59 Å². The molecule has 1 aromatic carbocycles. The molecule has 2 fully saturated rings. The van der Waals surface area contributed by atoms with Gasteiger partial charge in [-0.05, 0) is 31.2 Å². The standard InChI is InChI=1S/C20H27NO3/c22-19(17-10-5-2-6-11-17)18-12-7-13-21(14-18)20(23)24-15-16-8-3-1-4-9-16/h1,3-4,8-9,17-18H,2,5-7,10-15H2. The number of hydrogen-bond donors (Lipinski definition) is 0. The number of benzene rings is 1. The number of ketones is 1. The minimum Gasteiger partial charge on any atom is -0.445 e. The van der Waals surface area contributed by atoms with E-state index < -0.39 is 0 Å². The summed E-state index contributed by atoms with van der Waals surface area (Å²) in [6.07, 6.45) is 7.19. The van der Waals surface area contributed by atoms with Crippen LogP contribution in [-0.4, -0.2) is 29.9 Å². The number of nitrogens with zero attached hydrogens (tertiary/aromatic N) is 1. The lowest BCUT2D eigenvalue weighted by molar-refractivity contribution is -0.129. The van der Waals surface area contributed by atoms with Crippen molar-refractivity contribution in [2.45, 2.75) is 51.6 Å². The van der Waals surface area contributed by atoms with Crippen LogP contribution in [0.25, 0.3) is 0 Å². The second-order valence-electron chi connectivity index (χ2n) is 7.06. The molecule has 1 aromatic rings. The first-order chi connectivity index (χ1) is 11.7. The van der Waals surface area contributed by atoms with Crippen molar-refractivity contribution in [2.75, 3.05) is 13.1 Å². The fraction of sp³-hybridized carbons (Fsp3) is 0.600. The van der Waals surface area contributed by atoms with Gasteiger partial charge in [0, 0.05) is 24.9 Å². The van der Waals surface area contributed by atoms with Crippen molar-refractivity contribution in [3.05, 3.63) is 35.9 Å². The number of likely N-dealkylation sites (tertiary alicyclic amines) is 1. The zero-order valence-corrected chi connectivity index (χ0v) is 14.3. The van der Waals surface area contributed by atoms with Crippen molar-refractivity contribution >= 4 is 11.9 Å². The summed E-state index contributed by atoms with van der Waals surface area (Å²) >= 11 is 0. The summed E-state index contributed by atoms with van der Waals surface area (Å²) in [5, 5.41) is 0. The number of carbonyl (C=O) groups excluding carboxylic acids is 2. The zero-order valence-electron chi connectivity index (χ0n) is 14.3. The molecule has 4 nitrogen and oxygen atoms in total. The molecular weight excluding hydrogens is 302 g/mol. The molecule has 1 saturated heterocycles. The third kappa shape index (κ3) is 4.37. The van der Waals surface area contributed by atoms with Crippen LogP contribution in [0.15, 0.2) is 30.3 Å². The van der Waals surface area contributed by atoms with Crippen LogP contribution < -0.4 is 0 Å². The highest BCUT2D eigenvalue weighted by atomic mass is 16.6. The van der Waals surface area contributed by atoms with Gasteiger partial charge in [0.25, 0.3) is 0 Å². The molecule has 130 valence electrons. The Morgan fingerprint density at radius 2 is 1.67 bits per heavy atom. The Balaban J connectivity index is 1.50. The minimum atomic E-state index is -0.292. The monoisotopic (exact) mass is 329 g/mol. The summed E-state index contributed by atoms with van der Waals surface area (Å²) in [5.74, 6) is 0.616. The van der Waals surface area contributed by atoms with Crippen LogP contribution in [0.3, 0.4) is 0 Å². The quantitative estimate of drug-likeness (QED) is 0.832. The Bertz CT molecular complexity index is 551. The van der Waals surface area contributed by atoms with Gasteiger partial charge in [0.1, 0.15) is 12.4 Å². The summed E-state index contributed by atoms with van der Waals surface area (Å²) in [6, 6.07) is 9.70. The molecule has 1 saturated carbocycles. The highest BCUT2D eigenvalue weighted by Gasteiger charge is 2.33. The first kappa shape index (κ1) is 17.0. The molecule has 4 heteroatoms. The Morgan fingerprint density at radius 1 is 0.958 bits per heavy atom. The van der Waals surface area contributed by atoms with Crippen molar-refractivity contribution in [1.29, 1.82) is 0 Å². The molecule has 1 amide bonds. The van der Waals surface area contributed by atoms with E-state index in [1.807, 2.05) is 30.3 Å². The molecule has 0 radical (unpaired) electrons. The summed E-state index contributed by atoms with van der Waals surface area (Å²) in [5.41, 5.74) is 0.984. The van der Waals surface area contributed by atoms with Gasteiger partial charge in [-0.1, -0.05) is 49.6 Å². The van der Waals surface area contributed by atoms with Crippen LogP contribution in [0.4, 0.5) is 4.79 Å². The Morgan fingerprint density at radius 3 is 2.42 bits per heavy atom. The first-order valence-corrected chi connectivity index (χ1v) is 9.23. The van der Waals surface area contributed by atoms with Crippen LogP contribution in [0.5, 0.6) is 0 Å². The molecule has 1 aliphatic heterocycles. The van der Waals surface area contributed by atoms with Crippen molar-refractivity contribution in [1.82, 2.24) is 4.90 Å². The lowest BCUT2D eigenvalue weighted by Crippen LogP contribution is -2.44. The average molecular weight is 329 g/mol. The molecule has 3 rings (SSSR count).